The van der Waals surface area contributed by atoms with Crippen molar-refractivity contribution >= 4 is 27.1 Å². The van der Waals surface area contributed by atoms with Crippen LogP contribution in [0.15, 0.2) is 24.4 Å². The van der Waals surface area contributed by atoms with Crippen LogP contribution in [0.5, 0.6) is 0 Å². The molecule has 0 spiro atoms. The summed E-state index contributed by atoms with van der Waals surface area (Å²) in [5.74, 6) is 0.607. The molecule has 6 heteroatoms. The Morgan fingerprint density at radius 2 is 2.17 bits per heavy atom. The van der Waals surface area contributed by atoms with Crippen molar-refractivity contribution in [3.8, 4) is 0 Å². The number of anilines is 1. The molecular weight excluding hydrogens is 252 g/mol. The SMILES string of the molecule is CC(=O)Nc1ccc(C2=CCS(=O)(=O)CC2)cn1. The van der Waals surface area contributed by atoms with Gasteiger partial charge in [0.25, 0.3) is 0 Å². The minimum atomic E-state index is -2.90. The molecule has 0 saturated carbocycles. The average molecular weight is 266 g/mol. The van der Waals surface area contributed by atoms with Gasteiger partial charge in [0.1, 0.15) is 5.82 Å². The van der Waals surface area contributed by atoms with Crippen molar-refractivity contribution in [2.75, 3.05) is 16.8 Å². The average Bonchev–Trinajstić information content (AvgIpc) is 2.30. The number of nitrogens with one attached hydrogen (secondary N) is 1. The Bertz CT molecular complexity index is 588. The fourth-order valence-corrected chi connectivity index (χ4v) is 2.93. The summed E-state index contributed by atoms with van der Waals surface area (Å²) in [5, 5.41) is 2.58. The Morgan fingerprint density at radius 3 is 2.67 bits per heavy atom. The Hall–Kier alpha value is -1.69. The smallest absolute Gasteiger partial charge is 0.222 e. The third-order valence-electron chi connectivity index (χ3n) is 2.70. The van der Waals surface area contributed by atoms with Crippen molar-refractivity contribution in [2.24, 2.45) is 0 Å². The number of hydrogen-bond donors (Lipinski definition) is 1. The van der Waals surface area contributed by atoms with Crippen LogP contribution in [-0.2, 0) is 14.6 Å². The van der Waals surface area contributed by atoms with Gasteiger partial charge < -0.3 is 5.32 Å². The van der Waals surface area contributed by atoms with Crippen LogP contribution in [0.1, 0.15) is 18.9 Å². The molecule has 0 bridgehead atoms. The Kier molecular flexibility index (Phi) is 3.47. The van der Waals surface area contributed by atoms with Crippen molar-refractivity contribution in [3.63, 3.8) is 0 Å². The van der Waals surface area contributed by atoms with Gasteiger partial charge in [-0.25, -0.2) is 13.4 Å². The van der Waals surface area contributed by atoms with E-state index in [0.717, 1.165) is 11.1 Å². The number of allylic oxidation sites excluding steroid dienone is 1. The molecule has 0 saturated heterocycles. The molecule has 5 nitrogen and oxygen atoms in total. The maximum absolute atomic E-state index is 11.3. The maximum atomic E-state index is 11.3. The molecule has 0 radical (unpaired) electrons. The molecule has 1 aromatic rings. The van der Waals surface area contributed by atoms with Gasteiger partial charge in [-0.2, -0.15) is 0 Å². The van der Waals surface area contributed by atoms with Gasteiger partial charge in [-0.15, -0.1) is 0 Å². The molecule has 2 rings (SSSR count). The monoisotopic (exact) mass is 266 g/mol. The second-order valence-electron chi connectivity index (χ2n) is 4.21. The van der Waals surface area contributed by atoms with Crippen LogP contribution in [0.25, 0.3) is 5.57 Å². The summed E-state index contributed by atoms with van der Waals surface area (Å²) in [6.45, 7) is 1.42. The molecular formula is C12H14N2O3S. The first-order valence-electron chi connectivity index (χ1n) is 5.60. The molecule has 1 aromatic heterocycles. The number of carbonyl (C=O) groups is 1. The van der Waals surface area contributed by atoms with Crippen molar-refractivity contribution in [1.29, 1.82) is 0 Å². The first kappa shape index (κ1) is 12.8. The number of sulfone groups is 1. The lowest BCUT2D eigenvalue weighted by atomic mass is 10.1. The number of rotatable bonds is 2. The number of carbonyl (C=O) groups excluding carboxylic acids is 1. The molecule has 0 unspecified atom stereocenters. The lowest BCUT2D eigenvalue weighted by Gasteiger charge is -2.13. The van der Waals surface area contributed by atoms with Crippen LogP contribution < -0.4 is 5.32 Å². The summed E-state index contributed by atoms with van der Waals surface area (Å²) >= 11 is 0. The van der Waals surface area contributed by atoms with E-state index in [2.05, 4.69) is 10.3 Å². The number of amides is 1. The van der Waals surface area contributed by atoms with Crippen molar-refractivity contribution in [1.82, 2.24) is 4.98 Å². The highest BCUT2D eigenvalue weighted by molar-refractivity contribution is 7.91. The summed E-state index contributed by atoms with van der Waals surface area (Å²) in [6, 6.07) is 3.54. The predicted octanol–water partition coefficient (Wildman–Crippen LogP) is 1.24. The minimum Gasteiger partial charge on any atom is -0.311 e. The first-order chi connectivity index (χ1) is 8.46. The number of pyridine rings is 1. The molecule has 18 heavy (non-hydrogen) atoms. The van der Waals surface area contributed by atoms with Crippen LogP contribution in [-0.4, -0.2) is 30.8 Å². The van der Waals surface area contributed by atoms with Gasteiger partial charge in [-0.1, -0.05) is 6.08 Å². The third-order valence-corrected chi connectivity index (χ3v) is 4.21. The van der Waals surface area contributed by atoms with Gasteiger partial charge in [0.05, 0.1) is 11.5 Å². The molecule has 1 aliphatic rings. The molecule has 1 amide bonds. The summed E-state index contributed by atoms with van der Waals surface area (Å²) in [4.78, 5) is 15.0. The largest absolute Gasteiger partial charge is 0.311 e. The van der Waals surface area contributed by atoms with Crippen LogP contribution in [0.3, 0.4) is 0 Å². The predicted molar refractivity (Wildman–Crippen MR) is 69.8 cm³/mol. The number of nitrogens with zero attached hydrogens (tertiary/aromatic N) is 1. The molecule has 2 heterocycles. The Morgan fingerprint density at radius 1 is 1.39 bits per heavy atom. The highest BCUT2D eigenvalue weighted by Crippen LogP contribution is 2.23. The molecule has 96 valence electrons. The Balaban J connectivity index is 2.16. The van der Waals surface area contributed by atoms with Crippen LogP contribution in [0.4, 0.5) is 5.82 Å². The highest BCUT2D eigenvalue weighted by atomic mass is 32.2. The molecule has 1 aliphatic heterocycles. The third kappa shape index (κ3) is 3.16. The second-order valence-corrected chi connectivity index (χ2v) is 6.44. The minimum absolute atomic E-state index is 0.0930. The fourth-order valence-electron chi connectivity index (χ4n) is 1.78. The maximum Gasteiger partial charge on any atom is 0.222 e. The van der Waals surface area contributed by atoms with E-state index in [9.17, 15) is 13.2 Å². The standard InChI is InChI=1S/C12H14N2O3S/c1-9(15)14-12-3-2-11(8-13-12)10-4-6-18(16,17)7-5-10/h2-4,8H,5-7H2,1H3,(H,13,14,15). The highest BCUT2D eigenvalue weighted by Gasteiger charge is 2.17. The van der Waals surface area contributed by atoms with E-state index in [1.807, 2.05) is 6.07 Å². The molecule has 0 atom stereocenters. The fraction of sp³-hybridized carbons (Fsp3) is 0.333. The molecule has 0 fully saturated rings. The number of hydrogen-bond acceptors (Lipinski definition) is 4. The topological polar surface area (TPSA) is 76.1 Å². The van der Waals surface area contributed by atoms with E-state index in [1.54, 1.807) is 18.3 Å². The van der Waals surface area contributed by atoms with Crippen molar-refractivity contribution < 1.29 is 13.2 Å². The van der Waals surface area contributed by atoms with E-state index < -0.39 is 9.84 Å². The summed E-state index contributed by atoms with van der Waals surface area (Å²) < 4.78 is 22.6. The zero-order chi connectivity index (χ0) is 13.2. The quantitative estimate of drug-likeness (QED) is 0.873. The van der Waals surface area contributed by atoms with Crippen LogP contribution in [0.2, 0.25) is 0 Å². The van der Waals surface area contributed by atoms with E-state index >= 15 is 0 Å². The lowest BCUT2D eigenvalue weighted by molar-refractivity contribution is -0.114. The summed E-state index contributed by atoms with van der Waals surface area (Å²) in [5.41, 5.74) is 1.89. The Labute approximate surface area is 106 Å². The van der Waals surface area contributed by atoms with Gasteiger partial charge in [0.15, 0.2) is 9.84 Å². The zero-order valence-electron chi connectivity index (χ0n) is 10.0. The van der Waals surface area contributed by atoms with E-state index in [1.165, 1.54) is 6.92 Å². The first-order valence-corrected chi connectivity index (χ1v) is 7.42. The zero-order valence-corrected chi connectivity index (χ0v) is 10.8. The van der Waals surface area contributed by atoms with Crippen molar-refractivity contribution in [3.05, 3.63) is 30.0 Å². The van der Waals surface area contributed by atoms with Crippen LogP contribution >= 0.6 is 0 Å². The molecule has 0 aliphatic carbocycles. The van der Waals surface area contributed by atoms with Gasteiger partial charge in [0.2, 0.25) is 5.91 Å². The van der Waals surface area contributed by atoms with Gasteiger partial charge in [-0.05, 0) is 29.7 Å². The van der Waals surface area contributed by atoms with Gasteiger partial charge >= 0.3 is 0 Å². The second kappa shape index (κ2) is 4.89. The molecule has 1 N–H and O–H groups in total. The normalized spacial score (nSPS) is 17.9. The summed E-state index contributed by atoms with van der Waals surface area (Å²) in [6.07, 6.45) is 3.90. The lowest BCUT2D eigenvalue weighted by Crippen LogP contribution is -2.15. The van der Waals surface area contributed by atoms with Gasteiger partial charge in [-0.3, -0.25) is 4.79 Å². The molecule has 0 aromatic carbocycles. The van der Waals surface area contributed by atoms with Crippen molar-refractivity contribution in [2.45, 2.75) is 13.3 Å². The van der Waals surface area contributed by atoms with Crippen LogP contribution in [0, 0.1) is 0 Å². The van der Waals surface area contributed by atoms with E-state index in [4.69, 9.17) is 0 Å². The summed E-state index contributed by atoms with van der Waals surface area (Å²) in [7, 11) is -2.90. The van der Waals surface area contributed by atoms with E-state index in [0.29, 0.717) is 12.2 Å². The van der Waals surface area contributed by atoms with E-state index in [-0.39, 0.29) is 17.4 Å². The number of aromatic nitrogens is 1. The van der Waals surface area contributed by atoms with Gasteiger partial charge in [0, 0.05) is 13.1 Å².